The number of thiophene rings is 1. The highest BCUT2D eigenvalue weighted by atomic mass is 32.2. The maximum Gasteiger partial charge on any atom is 0.250 e. The van der Waals surface area contributed by atoms with Gasteiger partial charge in [0.15, 0.2) is 0 Å². The number of sulfonamides is 1. The monoisotopic (exact) mass is 407 g/mol. The number of anilines is 1. The highest BCUT2D eigenvalue weighted by Crippen LogP contribution is 2.27. The molecular weight excluding hydrogens is 378 g/mol. The topological polar surface area (TPSA) is 52.7 Å². The van der Waals surface area contributed by atoms with Gasteiger partial charge in [0, 0.05) is 37.2 Å². The predicted molar refractivity (Wildman–Crippen MR) is 113 cm³/mol. The van der Waals surface area contributed by atoms with E-state index in [9.17, 15) is 8.42 Å². The molecule has 0 radical (unpaired) electrons. The van der Waals surface area contributed by atoms with Crippen LogP contribution in [0.1, 0.15) is 36.2 Å². The van der Waals surface area contributed by atoms with E-state index < -0.39 is 10.0 Å². The van der Waals surface area contributed by atoms with Crippen LogP contribution in [0.3, 0.4) is 0 Å². The second-order valence-corrected chi connectivity index (χ2v) is 10.3. The molecule has 2 heterocycles. The first-order valence-electron chi connectivity index (χ1n) is 9.50. The van der Waals surface area contributed by atoms with E-state index in [1.807, 2.05) is 27.1 Å². The van der Waals surface area contributed by atoms with Gasteiger partial charge in [-0.05, 0) is 62.2 Å². The normalized spacial score (nSPS) is 16.6. The molecule has 148 valence electrons. The van der Waals surface area contributed by atoms with Gasteiger partial charge < -0.3 is 4.90 Å². The molecule has 1 saturated heterocycles. The Morgan fingerprint density at radius 3 is 2.33 bits per heavy atom. The van der Waals surface area contributed by atoms with E-state index in [4.69, 9.17) is 0 Å². The van der Waals surface area contributed by atoms with Crippen LogP contribution in [0.25, 0.3) is 0 Å². The molecule has 1 atom stereocenters. The molecule has 3 rings (SSSR count). The summed E-state index contributed by atoms with van der Waals surface area (Å²) in [4.78, 5) is 5.55. The van der Waals surface area contributed by atoms with Crippen molar-refractivity contribution >= 4 is 27.0 Å². The number of benzene rings is 1. The largest absolute Gasteiger partial charge is 0.378 e. The minimum Gasteiger partial charge on any atom is -0.378 e. The molecule has 1 aromatic heterocycles. The Morgan fingerprint density at radius 2 is 1.78 bits per heavy atom. The average molecular weight is 408 g/mol. The molecule has 1 N–H and O–H groups in total. The Bertz CT molecular complexity index is 838. The second kappa shape index (κ2) is 8.73. The van der Waals surface area contributed by atoms with Crippen LogP contribution in [0.5, 0.6) is 0 Å². The van der Waals surface area contributed by atoms with Crippen molar-refractivity contribution in [1.29, 1.82) is 0 Å². The number of nitrogens with one attached hydrogen (secondary N) is 1. The molecule has 2 aromatic rings. The Kier molecular flexibility index (Phi) is 6.57. The Balaban J connectivity index is 1.77. The summed E-state index contributed by atoms with van der Waals surface area (Å²) in [6, 6.07) is 12.1. The van der Waals surface area contributed by atoms with Gasteiger partial charge in [-0.3, -0.25) is 4.90 Å². The summed E-state index contributed by atoms with van der Waals surface area (Å²) in [5.41, 5.74) is 2.30. The molecular formula is C20H29N3O2S2. The summed E-state index contributed by atoms with van der Waals surface area (Å²) >= 11 is 1.36. The summed E-state index contributed by atoms with van der Waals surface area (Å²) in [7, 11) is 0.571. The van der Waals surface area contributed by atoms with Crippen LogP contribution in [0.4, 0.5) is 5.69 Å². The highest BCUT2D eigenvalue weighted by Gasteiger charge is 2.26. The first kappa shape index (κ1) is 20.3. The fourth-order valence-electron chi connectivity index (χ4n) is 3.46. The molecule has 1 aliphatic rings. The van der Waals surface area contributed by atoms with Gasteiger partial charge in [-0.1, -0.05) is 19.1 Å². The van der Waals surface area contributed by atoms with Crippen LogP contribution in [0.2, 0.25) is 0 Å². The second-order valence-electron chi connectivity index (χ2n) is 7.17. The zero-order valence-corrected chi connectivity index (χ0v) is 17.9. The van der Waals surface area contributed by atoms with Gasteiger partial charge in [0.1, 0.15) is 4.21 Å². The van der Waals surface area contributed by atoms with Gasteiger partial charge in [0.05, 0.1) is 0 Å². The van der Waals surface area contributed by atoms with Crippen molar-refractivity contribution in [3.63, 3.8) is 0 Å². The van der Waals surface area contributed by atoms with Crippen LogP contribution in [-0.4, -0.2) is 47.0 Å². The van der Waals surface area contributed by atoms with Crippen molar-refractivity contribution in [2.24, 2.45) is 0 Å². The molecule has 0 amide bonds. The summed E-state index contributed by atoms with van der Waals surface area (Å²) in [6.45, 7) is 4.46. The number of rotatable bonds is 8. The van der Waals surface area contributed by atoms with Gasteiger partial charge in [-0.15, -0.1) is 11.3 Å². The molecule has 1 fully saturated rings. The molecule has 0 saturated carbocycles. The zero-order valence-electron chi connectivity index (χ0n) is 16.3. The van der Waals surface area contributed by atoms with Crippen LogP contribution >= 0.6 is 11.3 Å². The number of hydrogen-bond acceptors (Lipinski definition) is 5. The third-order valence-corrected chi connectivity index (χ3v) is 8.24. The van der Waals surface area contributed by atoms with E-state index in [-0.39, 0.29) is 6.04 Å². The van der Waals surface area contributed by atoms with Crippen molar-refractivity contribution in [2.75, 3.05) is 38.6 Å². The van der Waals surface area contributed by atoms with Crippen molar-refractivity contribution < 1.29 is 8.42 Å². The van der Waals surface area contributed by atoms with E-state index in [1.165, 1.54) is 24.2 Å². The van der Waals surface area contributed by atoms with Gasteiger partial charge >= 0.3 is 0 Å². The molecule has 1 aliphatic heterocycles. The highest BCUT2D eigenvalue weighted by molar-refractivity contribution is 7.91. The minimum atomic E-state index is -3.47. The van der Waals surface area contributed by atoms with E-state index in [0.717, 1.165) is 35.6 Å². The zero-order chi connectivity index (χ0) is 19.4. The SMILES string of the molecule is CCc1ccc(S(=O)(=O)NC[C@H](c2ccc(N(C)C)cc2)N2CCCC2)s1. The molecule has 7 heteroatoms. The van der Waals surface area contributed by atoms with Crippen LogP contribution in [0, 0.1) is 0 Å². The maximum absolute atomic E-state index is 12.7. The Labute approximate surface area is 167 Å². The molecule has 27 heavy (non-hydrogen) atoms. The fourth-order valence-corrected chi connectivity index (χ4v) is 5.84. The molecule has 5 nitrogen and oxygen atoms in total. The van der Waals surface area contributed by atoms with Gasteiger partial charge in [0.2, 0.25) is 10.0 Å². The molecule has 0 aliphatic carbocycles. The smallest absolute Gasteiger partial charge is 0.250 e. The Morgan fingerprint density at radius 1 is 1.11 bits per heavy atom. The summed E-state index contributed by atoms with van der Waals surface area (Å²) in [5.74, 6) is 0. The first-order chi connectivity index (χ1) is 12.9. The van der Waals surface area contributed by atoms with E-state index in [0.29, 0.717) is 10.8 Å². The average Bonchev–Trinajstić information content (AvgIpc) is 3.34. The quantitative estimate of drug-likeness (QED) is 0.728. The lowest BCUT2D eigenvalue weighted by atomic mass is 10.1. The van der Waals surface area contributed by atoms with E-state index >= 15 is 0 Å². The van der Waals surface area contributed by atoms with Gasteiger partial charge in [-0.25, -0.2) is 13.1 Å². The van der Waals surface area contributed by atoms with Crippen molar-refractivity contribution in [3.8, 4) is 0 Å². The lowest BCUT2D eigenvalue weighted by Gasteiger charge is -2.28. The third-order valence-electron chi connectivity index (χ3n) is 5.09. The lowest BCUT2D eigenvalue weighted by Crippen LogP contribution is -2.36. The van der Waals surface area contributed by atoms with Crippen molar-refractivity contribution in [1.82, 2.24) is 9.62 Å². The number of nitrogens with zero attached hydrogens (tertiary/aromatic N) is 2. The van der Waals surface area contributed by atoms with Crippen molar-refractivity contribution in [2.45, 2.75) is 36.4 Å². The number of hydrogen-bond donors (Lipinski definition) is 1. The third kappa shape index (κ3) is 4.90. The first-order valence-corrected chi connectivity index (χ1v) is 11.8. The maximum atomic E-state index is 12.7. The van der Waals surface area contributed by atoms with Gasteiger partial charge in [-0.2, -0.15) is 0 Å². The molecule has 0 bridgehead atoms. The predicted octanol–water partition coefficient (Wildman–Crippen LogP) is 3.49. The fraction of sp³-hybridized carbons (Fsp3) is 0.500. The van der Waals surface area contributed by atoms with Crippen LogP contribution < -0.4 is 9.62 Å². The lowest BCUT2D eigenvalue weighted by molar-refractivity contribution is 0.246. The molecule has 0 spiro atoms. The van der Waals surface area contributed by atoms with Crippen LogP contribution in [-0.2, 0) is 16.4 Å². The number of aryl methyl sites for hydroxylation is 1. The van der Waals surface area contributed by atoms with E-state index in [1.54, 1.807) is 6.07 Å². The Hall–Kier alpha value is -1.41. The summed E-state index contributed by atoms with van der Waals surface area (Å²) in [6.07, 6.45) is 3.20. The number of likely N-dealkylation sites (tertiary alicyclic amines) is 1. The molecule has 0 unspecified atom stereocenters. The standard InChI is InChI=1S/C20H29N3O2S2/c1-4-18-11-12-20(26-18)27(24,25)21-15-19(23-13-5-6-14-23)16-7-9-17(10-8-16)22(2)3/h7-12,19,21H,4-6,13-15H2,1-3H3/t19-/m1/s1. The minimum absolute atomic E-state index is 0.0593. The molecule has 1 aromatic carbocycles. The summed E-state index contributed by atoms with van der Waals surface area (Å²) < 4.78 is 28.7. The van der Waals surface area contributed by atoms with Crippen LogP contribution in [0.15, 0.2) is 40.6 Å². The van der Waals surface area contributed by atoms with Gasteiger partial charge in [0.25, 0.3) is 0 Å². The van der Waals surface area contributed by atoms with Crippen molar-refractivity contribution in [3.05, 3.63) is 46.8 Å². The summed E-state index contributed by atoms with van der Waals surface area (Å²) in [5, 5.41) is 0. The van der Waals surface area contributed by atoms with E-state index in [2.05, 4.69) is 38.8 Å².